The van der Waals surface area contributed by atoms with E-state index in [0.29, 0.717) is 32.3 Å². The first kappa shape index (κ1) is 40.7. The van der Waals surface area contributed by atoms with Gasteiger partial charge in [-0.15, -0.1) is 0 Å². The number of ether oxygens (including phenoxy) is 1. The summed E-state index contributed by atoms with van der Waals surface area (Å²) < 4.78 is 5.41. The molecule has 1 radical (unpaired) electrons. The zero-order valence-electron chi connectivity index (χ0n) is 31.5. The predicted molar refractivity (Wildman–Crippen MR) is 201 cm³/mol. The molecule has 52 heavy (non-hydrogen) atoms. The molecule has 0 spiro atoms. The maximum absolute atomic E-state index is 14.1. The minimum Gasteiger partial charge on any atom is -0.361 e. The highest BCUT2D eigenvalue weighted by Gasteiger charge is 2.50. The average Bonchev–Trinajstić information content (AvgIpc) is 3.87. The van der Waals surface area contributed by atoms with Gasteiger partial charge in [-0.25, -0.2) is 0 Å². The third-order valence-electron chi connectivity index (χ3n) is 9.58. The van der Waals surface area contributed by atoms with Gasteiger partial charge < -0.3 is 26.0 Å². The largest absolute Gasteiger partial charge is 0.361 e. The summed E-state index contributed by atoms with van der Waals surface area (Å²) in [7, 11) is 0. The van der Waals surface area contributed by atoms with E-state index < -0.39 is 47.5 Å². The van der Waals surface area contributed by atoms with Gasteiger partial charge in [0.15, 0.2) is 5.78 Å². The second-order valence-electron chi connectivity index (χ2n) is 15.3. The van der Waals surface area contributed by atoms with E-state index in [1.807, 2.05) is 88.4 Å². The Morgan fingerprint density at radius 2 is 1.19 bits per heavy atom. The van der Waals surface area contributed by atoms with Crippen LogP contribution in [-0.2, 0) is 41.6 Å². The molecule has 0 aromatic heterocycles. The highest BCUT2D eigenvalue weighted by Crippen LogP contribution is 2.29. The van der Waals surface area contributed by atoms with Gasteiger partial charge in [0.1, 0.15) is 23.7 Å². The summed E-state index contributed by atoms with van der Waals surface area (Å²) in [5.74, 6) is -1.74. The smallest absolute Gasteiger partial charge is 0.243 e. The van der Waals surface area contributed by atoms with E-state index in [0.717, 1.165) is 37.1 Å². The SMILES string of the molecule is CC(C)C[C@H](NC(=O)[C@H](CCc1ccccc1)NC(=O)CN1CC[CH]CC1)C(=O)N[C@@H](Cc1ccccc1)C(=O)N[C@@H](CC(C)C)C(=O)[C@]1(C)CO1. The van der Waals surface area contributed by atoms with Crippen LogP contribution in [0.3, 0.4) is 0 Å². The molecule has 2 saturated heterocycles. The van der Waals surface area contributed by atoms with Crippen molar-refractivity contribution in [2.45, 2.75) is 109 Å². The van der Waals surface area contributed by atoms with Gasteiger partial charge >= 0.3 is 0 Å². The standard InChI is InChI=1S/C41H58N5O6/c1-28(2)23-33(37(48)41(5)27-52-41)43-40(51)35(25-31-17-11-7-12-18-31)45-39(50)34(24-29(3)4)44-38(49)32(20-19-30-15-9-6-10-16-30)42-36(47)26-46-21-13-8-14-22-46/h6-12,15-18,28-29,32-35H,13-14,19-27H2,1-5H3,(H,42,47)(H,43,51)(H,44,49)(H,45,50)/t32-,33-,34-,35-,41-/m0/s1. The first-order valence-electron chi connectivity index (χ1n) is 18.8. The number of likely N-dealkylation sites (tertiary alicyclic amines) is 1. The van der Waals surface area contributed by atoms with Crippen LogP contribution in [0.1, 0.15) is 77.8 Å². The van der Waals surface area contributed by atoms with E-state index in [-0.39, 0.29) is 36.5 Å². The maximum atomic E-state index is 14.1. The molecule has 5 atom stereocenters. The molecule has 4 N–H and O–H groups in total. The lowest BCUT2D eigenvalue weighted by Crippen LogP contribution is -2.59. The lowest BCUT2D eigenvalue weighted by Gasteiger charge is -2.29. The molecule has 2 aromatic carbocycles. The highest BCUT2D eigenvalue weighted by molar-refractivity contribution is 5.98. The van der Waals surface area contributed by atoms with Crippen molar-refractivity contribution < 1.29 is 28.7 Å². The number of epoxide rings is 1. The molecule has 11 heteroatoms. The second kappa shape index (κ2) is 19.7. The van der Waals surface area contributed by atoms with Gasteiger partial charge in [-0.2, -0.15) is 0 Å². The Morgan fingerprint density at radius 3 is 1.77 bits per heavy atom. The van der Waals surface area contributed by atoms with Crippen LogP contribution >= 0.6 is 0 Å². The lowest BCUT2D eigenvalue weighted by atomic mass is 9.93. The van der Waals surface area contributed by atoms with Crippen molar-refractivity contribution in [1.29, 1.82) is 0 Å². The van der Waals surface area contributed by atoms with Crippen LogP contribution < -0.4 is 21.3 Å². The molecule has 2 aliphatic rings. The van der Waals surface area contributed by atoms with Crippen LogP contribution in [-0.4, -0.2) is 90.3 Å². The minimum atomic E-state index is -1.02. The van der Waals surface area contributed by atoms with Gasteiger partial charge in [-0.05, 0) is 87.9 Å². The fourth-order valence-corrected chi connectivity index (χ4v) is 6.53. The molecule has 283 valence electrons. The Kier molecular flexibility index (Phi) is 15.4. The summed E-state index contributed by atoms with van der Waals surface area (Å²) in [5, 5.41) is 11.7. The van der Waals surface area contributed by atoms with E-state index in [1.54, 1.807) is 6.92 Å². The number of aryl methyl sites for hydroxylation is 1. The van der Waals surface area contributed by atoms with Gasteiger partial charge in [0.05, 0.1) is 19.2 Å². The summed E-state index contributed by atoms with van der Waals surface area (Å²) in [5.41, 5.74) is 0.937. The second-order valence-corrected chi connectivity index (χ2v) is 15.3. The zero-order chi connectivity index (χ0) is 37.7. The fraction of sp³-hybridized carbons (Fsp3) is 0.561. The molecular weight excluding hydrogens is 658 g/mol. The Labute approximate surface area is 309 Å². The maximum Gasteiger partial charge on any atom is 0.243 e. The first-order valence-corrected chi connectivity index (χ1v) is 18.8. The molecule has 2 aliphatic heterocycles. The van der Waals surface area contributed by atoms with Crippen molar-refractivity contribution in [1.82, 2.24) is 26.2 Å². The first-order chi connectivity index (χ1) is 24.8. The van der Waals surface area contributed by atoms with E-state index >= 15 is 0 Å². The van der Waals surface area contributed by atoms with E-state index in [2.05, 4.69) is 32.6 Å². The van der Waals surface area contributed by atoms with Crippen LogP contribution in [0.25, 0.3) is 0 Å². The van der Waals surface area contributed by atoms with E-state index in [4.69, 9.17) is 4.74 Å². The number of amides is 4. The predicted octanol–water partition coefficient (Wildman–Crippen LogP) is 3.55. The van der Waals surface area contributed by atoms with Gasteiger partial charge in [-0.1, -0.05) is 88.4 Å². The normalized spacial score (nSPS) is 19.6. The molecule has 4 amide bonds. The van der Waals surface area contributed by atoms with Crippen molar-refractivity contribution in [2.75, 3.05) is 26.2 Å². The Morgan fingerprint density at radius 1 is 0.692 bits per heavy atom. The van der Waals surface area contributed by atoms with Crippen molar-refractivity contribution in [3.63, 3.8) is 0 Å². The summed E-state index contributed by atoms with van der Waals surface area (Å²) in [4.78, 5) is 70.6. The van der Waals surface area contributed by atoms with E-state index in [1.165, 1.54) is 0 Å². The monoisotopic (exact) mass is 716 g/mol. The number of carbonyl (C=O) groups is 5. The minimum absolute atomic E-state index is 0.0260. The summed E-state index contributed by atoms with van der Waals surface area (Å²) >= 11 is 0. The molecule has 0 bridgehead atoms. The van der Waals surface area contributed by atoms with Gasteiger partial charge in [0, 0.05) is 6.42 Å². The number of ketones is 1. The third kappa shape index (κ3) is 13.2. The molecule has 0 unspecified atom stereocenters. The summed E-state index contributed by atoms with van der Waals surface area (Å²) in [6.45, 7) is 11.7. The van der Waals surface area contributed by atoms with Crippen molar-refractivity contribution >= 4 is 29.4 Å². The van der Waals surface area contributed by atoms with Crippen molar-refractivity contribution in [3.8, 4) is 0 Å². The Hall–Kier alpha value is -4.09. The van der Waals surface area contributed by atoms with Gasteiger partial charge in [-0.3, -0.25) is 28.9 Å². The highest BCUT2D eigenvalue weighted by atomic mass is 16.6. The molecule has 2 fully saturated rings. The number of rotatable bonds is 20. The Balaban J connectivity index is 1.51. The molecule has 0 saturated carbocycles. The average molecular weight is 717 g/mol. The molecular formula is C41H58N5O6. The number of nitrogens with one attached hydrogen (secondary N) is 4. The third-order valence-corrected chi connectivity index (χ3v) is 9.58. The number of nitrogens with zero attached hydrogens (tertiary/aromatic N) is 1. The zero-order valence-corrected chi connectivity index (χ0v) is 31.5. The number of carbonyl (C=O) groups excluding carboxylic acids is 5. The van der Waals surface area contributed by atoms with Crippen LogP contribution in [0.2, 0.25) is 0 Å². The van der Waals surface area contributed by atoms with Crippen LogP contribution in [0.15, 0.2) is 60.7 Å². The van der Waals surface area contributed by atoms with Crippen LogP contribution in [0.4, 0.5) is 0 Å². The van der Waals surface area contributed by atoms with Gasteiger partial charge in [0.2, 0.25) is 23.6 Å². The quantitative estimate of drug-likeness (QED) is 0.153. The molecule has 11 nitrogen and oxygen atoms in total. The number of benzene rings is 2. The number of Topliss-reactive ketones (excluding diaryl/α,β-unsaturated/α-hetero) is 1. The number of hydrogen-bond donors (Lipinski definition) is 4. The molecule has 0 aliphatic carbocycles. The topological polar surface area (TPSA) is 149 Å². The van der Waals surface area contributed by atoms with Gasteiger partial charge in [0.25, 0.3) is 0 Å². The molecule has 2 heterocycles. The number of piperidine rings is 1. The Bertz CT molecular complexity index is 1470. The van der Waals surface area contributed by atoms with E-state index in [9.17, 15) is 24.0 Å². The van der Waals surface area contributed by atoms with Crippen molar-refractivity contribution in [2.24, 2.45) is 11.8 Å². The summed E-state index contributed by atoms with van der Waals surface area (Å²) in [6.07, 6.45) is 5.87. The molecule has 4 rings (SSSR count). The lowest BCUT2D eigenvalue weighted by molar-refractivity contribution is -0.135. The molecule has 2 aromatic rings. The van der Waals surface area contributed by atoms with Crippen molar-refractivity contribution in [3.05, 3.63) is 78.2 Å². The van der Waals surface area contributed by atoms with Crippen LogP contribution in [0, 0.1) is 18.3 Å². The fourth-order valence-electron chi connectivity index (χ4n) is 6.53. The van der Waals surface area contributed by atoms with Crippen LogP contribution in [0.5, 0.6) is 0 Å². The summed E-state index contributed by atoms with van der Waals surface area (Å²) in [6, 6.07) is 15.4. The number of hydrogen-bond acceptors (Lipinski definition) is 7.